The van der Waals surface area contributed by atoms with E-state index in [1.54, 1.807) is 10.8 Å². The van der Waals surface area contributed by atoms with Gasteiger partial charge in [-0.05, 0) is 29.3 Å². The van der Waals surface area contributed by atoms with E-state index in [0.29, 0.717) is 17.0 Å². The minimum atomic E-state index is -4.60. The number of aromatic hydroxyl groups is 1. The predicted octanol–water partition coefficient (Wildman–Crippen LogP) is 3.75. The lowest BCUT2D eigenvalue weighted by atomic mass is 9.84. The highest BCUT2D eigenvalue weighted by Crippen LogP contribution is 2.42. The number of fused-ring (bicyclic) bond motifs is 3. The summed E-state index contributed by atoms with van der Waals surface area (Å²) in [5, 5.41) is 14.7. The third-order valence-electron chi connectivity index (χ3n) is 5.66. The van der Waals surface area contributed by atoms with Crippen LogP contribution in [0.25, 0.3) is 11.5 Å². The largest absolute Gasteiger partial charge is 0.503 e. The molecule has 1 N–H and O–H groups in total. The summed E-state index contributed by atoms with van der Waals surface area (Å²) in [6.45, 7) is 0.278. The van der Waals surface area contributed by atoms with Gasteiger partial charge in [0.2, 0.25) is 5.43 Å². The molecule has 2 atom stereocenters. The fraction of sp³-hybridized carbons (Fsp3) is 0.182. The fourth-order valence-corrected chi connectivity index (χ4v) is 4.18. The molecular formula is C22H15F4N5O2. The van der Waals surface area contributed by atoms with Crippen LogP contribution in [0.2, 0.25) is 0 Å². The monoisotopic (exact) mass is 457 g/mol. The second kappa shape index (κ2) is 7.54. The van der Waals surface area contributed by atoms with Gasteiger partial charge in [-0.25, -0.2) is 9.37 Å². The van der Waals surface area contributed by atoms with Gasteiger partial charge in [0.15, 0.2) is 11.6 Å². The molecule has 0 saturated heterocycles. The van der Waals surface area contributed by atoms with Crippen molar-refractivity contribution in [3.8, 4) is 17.3 Å². The second-order valence-electron chi connectivity index (χ2n) is 7.62. The van der Waals surface area contributed by atoms with Crippen LogP contribution in [0.4, 0.5) is 17.6 Å². The summed E-state index contributed by atoms with van der Waals surface area (Å²) in [5.41, 5.74) is -0.613. The summed E-state index contributed by atoms with van der Waals surface area (Å²) in [4.78, 5) is 19.9. The van der Waals surface area contributed by atoms with Crippen molar-refractivity contribution in [1.82, 2.24) is 24.3 Å². The number of halogens is 4. The van der Waals surface area contributed by atoms with E-state index in [1.165, 1.54) is 41.2 Å². The van der Waals surface area contributed by atoms with Crippen LogP contribution in [0.3, 0.4) is 0 Å². The number of hydrogen-bond acceptors (Lipinski definition) is 5. The molecule has 7 nitrogen and oxygen atoms in total. The normalized spacial score (nSPS) is 16.2. The fourth-order valence-electron chi connectivity index (χ4n) is 4.18. The highest BCUT2D eigenvalue weighted by atomic mass is 19.4. The Morgan fingerprint density at radius 2 is 1.76 bits per heavy atom. The Labute approximate surface area is 183 Å². The smallest absolute Gasteiger partial charge is 0.433 e. The Morgan fingerprint density at radius 3 is 2.42 bits per heavy atom. The summed E-state index contributed by atoms with van der Waals surface area (Å²) in [6.07, 6.45) is 0.667. The molecule has 3 aromatic heterocycles. The van der Waals surface area contributed by atoms with Crippen LogP contribution in [-0.4, -0.2) is 29.4 Å². The number of hydrogen-bond donors (Lipinski definition) is 1. The summed E-state index contributed by atoms with van der Waals surface area (Å²) in [7, 11) is 0. The molecule has 0 radical (unpaired) electrons. The van der Waals surface area contributed by atoms with E-state index in [4.69, 9.17) is 0 Å². The standard InChI is InChI=1S/C22H15F4N5O2/c23-14-4-1-12(2-5-14)18(13-3-6-17(28-9-13)22(24,25)26)15-11-30-8-7-27-21(30)19-20(33)16(32)10-29-31(15)19/h1-10,15,18,33H,11H2/t15-,18-/m1/s1. The highest BCUT2D eigenvalue weighted by Gasteiger charge is 2.37. The molecule has 4 heterocycles. The first kappa shape index (κ1) is 20.9. The molecule has 1 aromatic carbocycles. The lowest BCUT2D eigenvalue weighted by molar-refractivity contribution is -0.141. The van der Waals surface area contributed by atoms with Gasteiger partial charge in [0.1, 0.15) is 17.2 Å². The van der Waals surface area contributed by atoms with Crippen molar-refractivity contribution in [2.24, 2.45) is 0 Å². The molecule has 4 aromatic rings. The van der Waals surface area contributed by atoms with Gasteiger partial charge in [-0.3, -0.25) is 14.5 Å². The van der Waals surface area contributed by atoms with Crippen molar-refractivity contribution < 1.29 is 22.7 Å². The summed E-state index contributed by atoms with van der Waals surface area (Å²) < 4.78 is 56.0. The van der Waals surface area contributed by atoms with Crippen molar-refractivity contribution in [2.75, 3.05) is 0 Å². The van der Waals surface area contributed by atoms with Crippen molar-refractivity contribution in [3.05, 3.63) is 94.0 Å². The van der Waals surface area contributed by atoms with Gasteiger partial charge in [-0.2, -0.15) is 18.3 Å². The van der Waals surface area contributed by atoms with Crippen LogP contribution in [-0.2, 0) is 12.7 Å². The lowest BCUT2D eigenvalue weighted by Gasteiger charge is -2.34. The minimum absolute atomic E-state index is 0.0933. The van der Waals surface area contributed by atoms with E-state index >= 15 is 0 Å². The van der Waals surface area contributed by atoms with Gasteiger partial charge in [0.25, 0.3) is 0 Å². The van der Waals surface area contributed by atoms with Gasteiger partial charge in [0.05, 0.1) is 12.2 Å². The zero-order chi connectivity index (χ0) is 23.3. The van der Waals surface area contributed by atoms with Crippen LogP contribution in [0.1, 0.15) is 28.8 Å². The quantitative estimate of drug-likeness (QED) is 0.474. The highest BCUT2D eigenvalue weighted by molar-refractivity contribution is 5.60. The third kappa shape index (κ3) is 3.55. The number of aromatic nitrogens is 5. The number of nitrogens with zero attached hydrogens (tertiary/aromatic N) is 5. The van der Waals surface area contributed by atoms with Gasteiger partial charge < -0.3 is 9.67 Å². The van der Waals surface area contributed by atoms with Crippen LogP contribution in [0.5, 0.6) is 5.75 Å². The third-order valence-corrected chi connectivity index (χ3v) is 5.66. The average Bonchev–Trinajstić information content (AvgIpc) is 3.26. The number of alkyl halides is 3. The first-order valence-electron chi connectivity index (χ1n) is 9.85. The van der Waals surface area contributed by atoms with Crippen molar-refractivity contribution >= 4 is 0 Å². The minimum Gasteiger partial charge on any atom is -0.503 e. The average molecular weight is 457 g/mol. The zero-order valence-electron chi connectivity index (χ0n) is 16.7. The van der Waals surface area contributed by atoms with Gasteiger partial charge in [0, 0.05) is 31.1 Å². The van der Waals surface area contributed by atoms with E-state index < -0.39 is 40.8 Å². The molecule has 11 heteroatoms. The molecule has 0 unspecified atom stereocenters. The van der Waals surface area contributed by atoms with Gasteiger partial charge in [-0.1, -0.05) is 18.2 Å². The van der Waals surface area contributed by atoms with Crippen LogP contribution < -0.4 is 5.43 Å². The second-order valence-corrected chi connectivity index (χ2v) is 7.62. The summed E-state index contributed by atoms with van der Waals surface area (Å²) >= 11 is 0. The summed E-state index contributed by atoms with van der Waals surface area (Å²) in [5.74, 6) is -1.31. The molecule has 0 spiro atoms. The SMILES string of the molecule is O=c1cnn2c(c1O)-c1nccn1C[C@@H]2[C@H](c1ccc(F)cc1)c1ccc(C(F)(F)F)nc1. The molecule has 1 aliphatic rings. The van der Waals surface area contributed by atoms with E-state index in [1.807, 2.05) is 0 Å². The maximum absolute atomic E-state index is 13.6. The Morgan fingerprint density at radius 1 is 1.03 bits per heavy atom. The Hall–Kier alpha value is -4.02. The van der Waals surface area contributed by atoms with Crippen LogP contribution in [0, 0.1) is 5.82 Å². The molecule has 0 aliphatic carbocycles. The number of imidazole rings is 1. The van der Waals surface area contributed by atoms with Gasteiger partial charge in [-0.15, -0.1) is 0 Å². The molecule has 1 aliphatic heterocycles. The maximum atomic E-state index is 13.6. The van der Waals surface area contributed by atoms with E-state index in [-0.39, 0.29) is 12.2 Å². The van der Waals surface area contributed by atoms with Crippen molar-refractivity contribution in [3.63, 3.8) is 0 Å². The number of rotatable bonds is 3. The van der Waals surface area contributed by atoms with E-state index in [2.05, 4.69) is 15.1 Å². The predicted molar refractivity (Wildman–Crippen MR) is 108 cm³/mol. The topological polar surface area (TPSA) is 85.8 Å². The Balaban J connectivity index is 1.71. The molecule has 0 saturated carbocycles. The number of pyridine rings is 1. The van der Waals surface area contributed by atoms with Crippen LogP contribution in [0.15, 0.2) is 66.0 Å². The molecule has 168 valence electrons. The van der Waals surface area contributed by atoms with E-state index in [9.17, 15) is 27.5 Å². The Bertz CT molecular complexity index is 1380. The van der Waals surface area contributed by atoms with Crippen molar-refractivity contribution in [2.45, 2.75) is 24.7 Å². The molecule has 0 amide bonds. The lowest BCUT2D eigenvalue weighted by Crippen LogP contribution is -2.32. The first-order valence-corrected chi connectivity index (χ1v) is 9.85. The molecule has 33 heavy (non-hydrogen) atoms. The van der Waals surface area contributed by atoms with Crippen molar-refractivity contribution in [1.29, 1.82) is 0 Å². The molecular weight excluding hydrogens is 442 g/mol. The molecule has 5 rings (SSSR count). The van der Waals surface area contributed by atoms with Gasteiger partial charge >= 0.3 is 6.18 Å². The Kier molecular flexibility index (Phi) is 4.76. The van der Waals surface area contributed by atoms with E-state index in [0.717, 1.165) is 18.5 Å². The molecule has 0 fully saturated rings. The first-order chi connectivity index (χ1) is 15.7. The zero-order valence-corrected chi connectivity index (χ0v) is 16.7. The number of benzene rings is 1. The maximum Gasteiger partial charge on any atom is 0.433 e. The van der Waals surface area contributed by atoms with Crippen LogP contribution >= 0.6 is 0 Å². The molecule has 0 bridgehead atoms. The summed E-state index contributed by atoms with van der Waals surface area (Å²) in [6, 6.07) is 7.17.